The third kappa shape index (κ3) is 25.9. The number of aliphatic hydroxyl groups excluding tert-OH is 5. The molecule has 0 aliphatic heterocycles. The first-order chi connectivity index (χ1) is 45.1. The molecule has 0 bridgehead atoms. The van der Waals surface area contributed by atoms with Crippen molar-refractivity contribution in [3.63, 3.8) is 0 Å². The topological polar surface area (TPSA) is 565 Å². The third-order valence-electron chi connectivity index (χ3n) is 12.9. The van der Waals surface area contributed by atoms with Gasteiger partial charge in [-0.05, 0) is 19.3 Å². The van der Waals surface area contributed by atoms with Gasteiger partial charge >= 0.3 is 104 Å². The summed E-state index contributed by atoms with van der Waals surface area (Å²) >= 11 is 0. The molecule has 0 fully saturated rings. The lowest BCUT2D eigenvalue weighted by Crippen LogP contribution is -2.55. The smallest absolute Gasteiger partial charge is 0.336 e. The van der Waals surface area contributed by atoms with E-state index < -0.39 is 202 Å². The van der Waals surface area contributed by atoms with Crippen molar-refractivity contribution < 1.29 is 88.6 Å². The molecular weight excluding hydrogens is 1280 g/mol. The molecule has 42 nitrogen and oxygen atoms in total. The molecule has 42 heteroatoms. The van der Waals surface area contributed by atoms with Crippen LogP contribution in [0, 0.1) is 0 Å². The maximum Gasteiger partial charge on any atom is 0.336 e. The molecule has 0 saturated heterocycles. The van der Waals surface area contributed by atoms with Crippen molar-refractivity contribution in [3.05, 3.63) is 126 Å². The number of methoxy groups -OCH3 is 2. The minimum atomic E-state index is -1.29. The Bertz CT molecular complexity index is 3680. The molecule has 0 aliphatic rings. The van der Waals surface area contributed by atoms with Crippen LogP contribution in [-0.2, 0) is 126 Å². The second-order valence-electron chi connectivity index (χ2n) is 19.6. The van der Waals surface area contributed by atoms with Gasteiger partial charge in [0.05, 0.1) is 111 Å². The summed E-state index contributed by atoms with van der Waals surface area (Å²) < 4.78 is 27.2. The quantitative estimate of drug-likeness (QED) is 0.0117. The minimum Gasteiger partial charge on any atom is -0.481 e. The number of hydrogen-bond donors (Lipinski definition) is 8. The van der Waals surface area contributed by atoms with Crippen molar-refractivity contribution in [1.29, 1.82) is 0 Å². The lowest BCUT2D eigenvalue weighted by molar-refractivity contribution is -0.145. The van der Waals surface area contributed by atoms with Crippen LogP contribution in [0.2, 0.25) is 0 Å². The van der Waals surface area contributed by atoms with Crippen molar-refractivity contribution >= 4 is 35.8 Å². The van der Waals surface area contributed by atoms with Crippen molar-refractivity contribution in [2.75, 3.05) is 67.1 Å². The largest absolute Gasteiger partial charge is 0.481 e. The Morgan fingerprint density at radius 1 is 0.284 bits per heavy atom. The molecule has 0 aliphatic carbocycles. The van der Waals surface area contributed by atoms with E-state index in [4.69, 9.17) is 55.1 Å². The van der Waals surface area contributed by atoms with Gasteiger partial charge in [-0.1, -0.05) is 26.7 Å². The predicted octanol–water partition coefficient (Wildman–Crippen LogP) is -8.86. The number of esters is 3. The lowest BCUT2D eigenvalue weighted by Gasteiger charge is -2.14. The highest BCUT2D eigenvalue weighted by Gasteiger charge is 2.22. The van der Waals surface area contributed by atoms with E-state index in [0.29, 0.717) is 58.7 Å². The highest BCUT2D eigenvalue weighted by atomic mass is 16.5. The van der Waals surface area contributed by atoms with Gasteiger partial charge in [0.25, 0.3) is 0 Å². The number of carboxylic acids is 3. The molecule has 4 aromatic rings. The van der Waals surface area contributed by atoms with Gasteiger partial charge in [0.2, 0.25) is 0 Å². The van der Waals surface area contributed by atoms with E-state index in [1.165, 1.54) is 7.11 Å². The maximum atomic E-state index is 13.1. The Morgan fingerprint density at radius 3 is 0.768 bits per heavy atom. The molecule has 4 rings (SSSR count). The number of carboxylic acid groups (broad SMARTS) is 3. The molecule has 0 amide bonds. The maximum absolute atomic E-state index is 13.1. The number of hydrogen-bond acceptors (Lipinski definition) is 27. The number of rotatable bonds is 38. The van der Waals surface area contributed by atoms with E-state index in [-0.39, 0.29) is 71.8 Å². The van der Waals surface area contributed by atoms with Gasteiger partial charge < -0.3 is 59.8 Å². The minimum absolute atomic E-state index is 0.0114. The van der Waals surface area contributed by atoms with Crippen LogP contribution >= 0.6 is 0 Å². The predicted molar refractivity (Wildman–Crippen MR) is 323 cm³/mol. The van der Waals surface area contributed by atoms with Crippen LogP contribution < -0.4 is 68.3 Å². The van der Waals surface area contributed by atoms with Gasteiger partial charge in [0.1, 0.15) is 6.61 Å². The Labute approximate surface area is 533 Å². The van der Waals surface area contributed by atoms with Crippen LogP contribution in [0.25, 0.3) is 0 Å². The monoisotopic (exact) mass is 1370 g/mol. The van der Waals surface area contributed by atoms with Crippen molar-refractivity contribution in [1.82, 2.24) is 54.8 Å². The fourth-order valence-electron chi connectivity index (χ4n) is 7.95. The average Bonchev–Trinajstić information content (AvgIpc) is 0.819. The SMILES string of the molecule is CCCCO.CCCCOC(=O)CCn1c(=O)n(CCC(=O)OC)c(=O)n(CCC(=O)OCCn2c(=O)n(CCCO)c(=O)n(CCOC)c2=O)c1=O.O=C(O)CCn1c(=O)n(CCC(=O)O)c(=O)n(CCC(=O)O)c1=O.O=c1n(CCO)c(=O)n(CCO)c(=O)n1CCO. The molecule has 4 heterocycles. The van der Waals surface area contributed by atoms with E-state index in [2.05, 4.69) is 11.7 Å². The zero-order chi connectivity index (χ0) is 72.1. The van der Waals surface area contributed by atoms with E-state index in [1.807, 2.05) is 6.92 Å². The van der Waals surface area contributed by atoms with E-state index in [9.17, 15) is 86.3 Å². The van der Waals surface area contributed by atoms with Crippen LogP contribution in [0.1, 0.15) is 84.5 Å². The Morgan fingerprint density at radius 2 is 0.526 bits per heavy atom. The average molecular weight is 1370 g/mol. The molecule has 0 atom stereocenters. The number of unbranched alkanes of at least 4 members (excludes halogenated alkanes) is 2. The standard InChI is InChI=1S/C28H42N6O14.C12H15N3O9.C9H15N3O6.C4H10O/c1-4-5-17-47-21(37)8-12-31-25(41)30(11-7-20(36)46-3)26(42)32(27(31)43)13-9-22(38)48-19-15-34-24(40)29(10-6-16-35)23(39)33(28(34)44)14-18-45-2;16-7(17)1-4-13-10(22)14(5-2-8(18)19)12(24)15(11(13)23)6-3-9(20)21;13-4-1-10-7(16)11(2-5-14)9(18)12(3-6-15)8(10)17;1-2-3-4-5/h35H,4-19H2,1-3H3;1-6H2,(H,16,17)(H,18,19)(H,20,21);13-15H,1-6H2;5H,2-4H2,1H3. The number of aliphatic hydroxyl groups is 5. The Hall–Kier alpha value is -9.78. The number of carbonyl (C=O) groups is 6. The first-order valence-electron chi connectivity index (χ1n) is 29.4. The van der Waals surface area contributed by atoms with Crippen LogP contribution in [0.3, 0.4) is 0 Å². The summed E-state index contributed by atoms with van der Waals surface area (Å²) in [5.74, 6) is -6.22. The number of ether oxygens (including phenoxy) is 4. The molecule has 95 heavy (non-hydrogen) atoms. The summed E-state index contributed by atoms with van der Waals surface area (Å²) in [7, 11) is 2.47. The molecule has 0 saturated carbocycles. The van der Waals surface area contributed by atoms with Crippen LogP contribution in [0.4, 0.5) is 0 Å². The summed E-state index contributed by atoms with van der Waals surface area (Å²) in [6.07, 6.45) is 0.448. The number of aliphatic carboxylic acids is 3. The van der Waals surface area contributed by atoms with Gasteiger partial charge in [-0.3, -0.25) is 28.8 Å². The summed E-state index contributed by atoms with van der Waals surface area (Å²) in [6, 6.07) is 0. The zero-order valence-electron chi connectivity index (χ0n) is 52.8. The Balaban J connectivity index is 0.000000788. The number of nitrogens with zero attached hydrogens (tertiary/aromatic N) is 12. The van der Waals surface area contributed by atoms with Crippen LogP contribution in [-0.4, -0.2) is 199 Å². The summed E-state index contributed by atoms with van der Waals surface area (Å²) in [5, 5.41) is 69.5. The molecule has 4 aromatic heterocycles. The molecular formula is C53H82N12O30. The third-order valence-corrected chi connectivity index (χ3v) is 12.9. The lowest BCUT2D eigenvalue weighted by atomic mass is 10.3. The van der Waals surface area contributed by atoms with Crippen molar-refractivity contribution in [2.24, 2.45) is 0 Å². The summed E-state index contributed by atoms with van der Waals surface area (Å²) in [4.78, 5) is 218. The van der Waals surface area contributed by atoms with Gasteiger partial charge in [-0.15, -0.1) is 0 Å². The highest BCUT2D eigenvalue weighted by Crippen LogP contribution is 1.97. The van der Waals surface area contributed by atoms with E-state index in [0.717, 1.165) is 35.5 Å². The number of aromatic nitrogens is 12. The van der Waals surface area contributed by atoms with E-state index in [1.54, 1.807) is 0 Å². The highest BCUT2D eigenvalue weighted by molar-refractivity contribution is 5.70. The first kappa shape index (κ1) is 83.2. The fourth-order valence-corrected chi connectivity index (χ4v) is 7.95. The normalized spacial score (nSPS) is 10.7. The fraction of sp³-hybridized carbons (Fsp3) is 0.660. The van der Waals surface area contributed by atoms with Gasteiger partial charge in [-0.25, -0.2) is 112 Å². The second kappa shape index (κ2) is 43.9. The molecule has 0 spiro atoms. The van der Waals surface area contributed by atoms with Crippen molar-refractivity contribution in [3.8, 4) is 0 Å². The molecule has 534 valence electrons. The molecule has 0 unspecified atom stereocenters. The van der Waals surface area contributed by atoms with Crippen LogP contribution in [0.5, 0.6) is 0 Å². The zero-order valence-corrected chi connectivity index (χ0v) is 52.8. The van der Waals surface area contributed by atoms with Gasteiger partial charge in [-0.2, -0.15) is 0 Å². The van der Waals surface area contributed by atoms with Gasteiger partial charge in [0.15, 0.2) is 0 Å². The number of carbonyl (C=O) groups excluding carboxylic acids is 3. The van der Waals surface area contributed by atoms with Crippen LogP contribution in [0.15, 0.2) is 57.5 Å². The second-order valence-corrected chi connectivity index (χ2v) is 19.6. The Kier molecular flexibility index (Phi) is 38.5. The first-order valence-corrected chi connectivity index (χ1v) is 29.4. The van der Waals surface area contributed by atoms with Gasteiger partial charge in [0, 0.05) is 66.1 Å². The summed E-state index contributed by atoms with van der Waals surface area (Å²) in [6.45, 7) is -2.31. The molecule has 8 N–H and O–H groups in total. The molecule has 0 radical (unpaired) electrons. The summed E-state index contributed by atoms with van der Waals surface area (Å²) in [5.41, 5.74) is -12.2. The molecule has 0 aromatic carbocycles. The van der Waals surface area contributed by atoms with Crippen molar-refractivity contribution in [2.45, 2.75) is 163 Å². The van der Waals surface area contributed by atoms with E-state index >= 15 is 0 Å².